The molecular formula is C23H20FN5O2S. The van der Waals surface area contributed by atoms with Gasteiger partial charge in [-0.15, -0.1) is 11.3 Å². The van der Waals surface area contributed by atoms with Crippen molar-refractivity contribution >= 4 is 27.5 Å². The van der Waals surface area contributed by atoms with Gasteiger partial charge in [0.2, 0.25) is 5.88 Å². The van der Waals surface area contributed by atoms with Gasteiger partial charge in [0.25, 0.3) is 5.91 Å². The Bertz CT molecular complexity index is 1280. The molecule has 1 amide bonds. The molecule has 0 saturated carbocycles. The lowest BCUT2D eigenvalue weighted by molar-refractivity contribution is 0.0705. The maximum absolute atomic E-state index is 13.5. The van der Waals surface area contributed by atoms with E-state index in [1.165, 1.54) is 23.5 Å². The Labute approximate surface area is 187 Å². The number of carbonyl (C=O) groups excluding carboxylic acids is 1. The van der Waals surface area contributed by atoms with Crippen LogP contribution in [0.25, 0.3) is 21.7 Å². The molecule has 162 valence electrons. The number of hydrogen-bond acceptors (Lipinski definition) is 7. The molecule has 0 radical (unpaired) electrons. The summed E-state index contributed by atoms with van der Waals surface area (Å²) in [5.41, 5.74) is 2.27. The summed E-state index contributed by atoms with van der Waals surface area (Å²) in [5.74, 6) is -0.303. The third kappa shape index (κ3) is 4.04. The first-order valence-corrected chi connectivity index (χ1v) is 11.1. The molecule has 1 aromatic carbocycles. The van der Waals surface area contributed by atoms with Crippen molar-refractivity contribution in [3.05, 3.63) is 71.0 Å². The normalized spacial score (nSPS) is 16.4. The Hall–Kier alpha value is -3.43. The third-order valence-corrected chi connectivity index (χ3v) is 6.40. The van der Waals surface area contributed by atoms with Crippen LogP contribution in [0, 0.1) is 5.82 Å². The van der Waals surface area contributed by atoms with Crippen molar-refractivity contribution in [1.82, 2.24) is 25.2 Å². The van der Waals surface area contributed by atoms with Gasteiger partial charge in [0.1, 0.15) is 21.7 Å². The number of nitrogens with zero attached hydrogens (tertiary/aromatic N) is 4. The van der Waals surface area contributed by atoms with Gasteiger partial charge in [-0.1, -0.05) is 18.2 Å². The van der Waals surface area contributed by atoms with Crippen LogP contribution in [0.4, 0.5) is 4.39 Å². The Morgan fingerprint density at radius 3 is 2.97 bits per heavy atom. The van der Waals surface area contributed by atoms with Crippen molar-refractivity contribution in [1.29, 1.82) is 0 Å². The molecule has 1 fully saturated rings. The number of fused-ring (bicyclic) bond motifs is 1. The quantitative estimate of drug-likeness (QED) is 0.497. The van der Waals surface area contributed by atoms with Crippen LogP contribution in [0.1, 0.15) is 15.9 Å². The minimum atomic E-state index is -0.265. The van der Waals surface area contributed by atoms with Gasteiger partial charge in [0.05, 0.1) is 5.56 Å². The molecule has 1 aliphatic heterocycles. The zero-order valence-corrected chi connectivity index (χ0v) is 17.8. The number of carbonyl (C=O) groups is 1. The molecule has 7 nitrogen and oxygen atoms in total. The Balaban J connectivity index is 1.41. The molecule has 2 N–H and O–H groups in total. The van der Waals surface area contributed by atoms with E-state index in [0.717, 1.165) is 5.56 Å². The second-order valence-electron chi connectivity index (χ2n) is 7.65. The van der Waals surface area contributed by atoms with Crippen LogP contribution >= 0.6 is 11.3 Å². The lowest BCUT2D eigenvalue weighted by Gasteiger charge is -2.33. The van der Waals surface area contributed by atoms with Gasteiger partial charge in [0, 0.05) is 37.3 Å². The van der Waals surface area contributed by atoms with Crippen LogP contribution in [0.5, 0.6) is 5.88 Å². The minimum Gasteiger partial charge on any atom is -0.492 e. The van der Waals surface area contributed by atoms with E-state index in [1.54, 1.807) is 34.7 Å². The molecule has 5 rings (SSSR count). The van der Waals surface area contributed by atoms with Crippen molar-refractivity contribution in [3.8, 4) is 17.4 Å². The fourth-order valence-electron chi connectivity index (χ4n) is 3.93. The summed E-state index contributed by atoms with van der Waals surface area (Å²) in [6.07, 6.45) is 2.25. The summed E-state index contributed by atoms with van der Waals surface area (Å²) in [6.45, 7) is 1.70. The summed E-state index contributed by atoms with van der Waals surface area (Å²) in [4.78, 5) is 28.1. The second-order valence-corrected chi connectivity index (χ2v) is 8.53. The number of piperazine rings is 1. The first-order chi connectivity index (χ1) is 15.6. The molecule has 3 aromatic heterocycles. The van der Waals surface area contributed by atoms with Crippen molar-refractivity contribution in [2.24, 2.45) is 0 Å². The highest BCUT2D eigenvalue weighted by molar-refractivity contribution is 7.17. The first-order valence-electron chi connectivity index (χ1n) is 10.2. The monoisotopic (exact) mass is 449 g/mol. The van der Waals surface area contributed by atoms with Crippen molar-refractivity contribution in [2.45, 2.75) is 12.5 Å². The van der Waals surface area contributed by atoms with Crippen LogP contribution in [0.15, 0.2) is 54.0 Å². The van der Waals surface area contributed by atoms with Gasteiger partial charge in [0.15, 0.2) is 5.82 Å². The lowest BCUT2D eigenvalue weighted by atomic mass is 10.0. The van der Waals surface area contributed by atoms with Gasteiger partial charge in [-0.05, 0) is 36.2 Å². The highest BCUT2D eigenvalue weighted by atomic mass is 32.1. The maximum Gasteiger partial charge on any atom is 0.257 e. The van der Waals surface area contributed by atoms with E-state index in [9.17, 15) is 14.3 Å². The van der Waals surface area contributed by atoms with Gasteiger partial charge in [-0.3, -0.25) is 9.78 Å². The molecule has 0 spiro atoms. The number of benzene rings is 1. The number of nitrogens with one attached hydrogen (secondary N) is 1. The van der Waals surface area contributed by atoms with E-state index < -0.39 is 0 Å². The second kappa shape index (κ2) is 8.60. The van der Waals surface area contributed by atoms with Crippen LogP contribution in [0.3, 0.4) is 0 Å². The molecule has 9 heteroatoms. The van der Waals surface area contributed by atoms with Crippen LogP contribution in [-0.4, -0.2) is 56.5 Å². The smallest absolute Gasteiger partial charge is 0.257 e. The molecule has 0 aliphatic carbocycles. The van der Waals surface area contributed by atoms with E-state index >= 15 is 0 Å². The zero-order chi connectivity index (χ0) is 22.1. The van der Waals surface area contributed by atoms with Crippen molar-refractivity contribution < 1.29 is 14.3 Å². The Morgan fingerprint density at radius 1 is 1.25 bits per heavy atom. The van der Waals surface area contributed by atoms with Gasteiger partial charge < -0.3 is 15.3 Å². The third-order valence-electron chi connectivity index (χ3n) is 5.44. The summed E-state index contributed by atoms with van der Waals surface area (Å²) < 4.78 is 14.0. The number of amides is 1. The minimum absolute atomic E-state index is 0.0199. The standard InChI is InChI=1S/C23H20FN5O2S/c24-15-5-3-4-14(10-15)11-16-12-29(9-8-25-16)23(31)17-13-32-20-19(17)27-21(28-22(20)30)18-6-1-2-7-26-18/h1-7,10,13,16,25H,8-9,11-12H2,(H,27,28,30). The number of aromatic hydroxyl groups is 1. The summed E-state index contributed by atoms with van der Waals surface area (Å²) in [6, 6.07) is 11.9. The van der Waals surface area contributed by atoms with E-state index in [-0.39, 0.29) is 29.5 Å². The highest BCUT2D eigenvalue weighted by Gasteiger charge is 2.27. The highest BCUT2D eigenvalue weighted by Crippen LogP contribution is 2.33. The summed E-state index contributed by atoms with van der Waals surface area (Å²) in [5, 5.41) is 15.5. The average molecular weight is 450 g/mol. The van der Waals surface area contributed by atoms with Gasteiger partial charge in [-0.25, -0.2) is 9.37 Å². The van der Waals surface area contributed by atoms with Crippen LogP contribution < -0.4 is 5.32 Å². The molecule has 32 heavy (non-hydrogen) atoms. The van der Waals surface area contributed by atoms with Gasteiger partial charge >= 0.3 is 0 Å². The molecule has 0 bridgehead atoms. The fourth-order valence-corrected chi connectivity index (χ4v) is 4.80. The number of pyridine rings is 1. The molecule has 1 aliphatic rings. The largest absolute Gasteiger partial charge is 0.492 e. The molecule has 1 atom stereocenters. The first kappa shape index (κ1) is 20.5. The zero-order valence-electron chi connectivity index (χ0n) is 17.0. The number of halogens is 1. The van der Waals surface area contributed by atoms with Crippen LogP contribution in [0.2, 0.25) is 0 Å². The van der Waals surface area contributed by atoms with E-state index in [1.807, 2.05) is 12.1 Å². The molecule has 1 saturated heterocycles. The maximum atomic E-state index is 13.5. The SMILES string of the molecule is O=C(c1csc2c(O)nc(-c3ccccn3)nc12)N1CCNC(Cc2cccc(F)c2)C1. The molecule has 1 unspecified atom stereocenters. The lowest BCUT2D eigenvalue weighted by Crippen LogP contribution is -2.53. The average Bonchev–Trinajstić information content (AvgIpc) is 3.24. The summed E-state index contributed by atoms with van der Waals surface area (Å²) in [7, 11) is 0. The Morgan fingerprint density at radius 2 is 2.16 bits per heavy atom. The number of hydrogen-bond donors (Lipinski definition) is 2. The topological polar surface area (TPSA) is 91.2 Å². The number of rotatable bonds is 4. The van der Waals surface area contributed by atoms with E-state index in [4.69, 9.17) is 0 Å². The Kier molecular flexibility index (Phi) is 5.50. The van der Waals surface area contributed by atoms with Crippen LogP contribution in [-0.2, 0) is 6.42 Å². The van der Waals surface area contributed by atoms with E-state index in [2.05, 4.69) is 20.3 Å². The van der Waals surface area contributed by atoms with Crippen molar-refractivity contribution in [3.63, 3.8) is 0 Å². The van der Waals surface area contributed by atoms with Gasteiger partial charge in [-0.2, -0.15) is 4.98 Å². The molecule has 4 heterocycles. The number of aromatic nitrogens is 3. The van der Waals surface area contributed by atoms with Crippen molar-refractivity contribution in [2.75, 3.05) is 19.6 Å². The predicted octanol–water partition coefficient (Wildman–Crippen LogP) is 3.25. The molecular weight excluding hydrogens is 429 g/mol. The number of thiophene rings is 1. The van der Waals surface area contributed by atoms with E-state index in [0.29, 0.717) is 47.5 Å². The fraction of sp³-hybridized carbons (Fsp3) is 0.217. The molecule has 4 aromatic rings. The predicted molar refractivity (Wildman–Crippen MR) is 120 cm³/mol. The summed E-state index contributed by atoms with van der Waals surface area (Å²) >= 11 is 1.24.